The van der Waals surface area contributed by atoms with Crippen LogP contribution in [0.4, 0.5) is 4.39 Å². The molecule has 5 heteroatoms. The minimum absolute atomic E-state index is 0.250. The van der Waals surface area contributed by atoms with Gasteiger partial charge in [0.2, 0.25) is 0 Å². The van der Waals surface area contributed by atoms with Gasteiger partial charge >= 0.3 is 0 Å². The van der Waals surface area contributed by atoms with Crippen LogP contribution in [0.3, 0.4) is 0 Å². The summed E-state index contributed by atoms with van der Waals surface area (Å²) in [6.07, 6.45) is 3.19. The Bertz CT molecular complexity index is 759. The topological polar surface area (TPSA) is 45.1 Å². The third kappa shape index (κ3) is 3.57. The van der Waals surface area contributed by atoms with E-state index in [1.165, 1.54) is 18.3 Å². The van der Waals surface area contributed by atoms with E-state index in [1.807, 2.05) is 30.3 Å². The van der Waals surface area contributed by atoms with Crippen molar-refractivity contribution >= 4 is 6.21 Å². The van der Waals surface area contributed by atoms with E-state index < -0.39 is 5.60 Å². The number of benzene rings is 2. The number of oxime groups is 1. The molecule has 0 saturated heterocycles. The average molecular weight is 342 g/mol. The largest absolute Gasteiger partial charge is 0.411 e. The average Bonchev–Trinajstić information content (AvgIpc) is 2.95. The van der Waals surface area contributed by atoms with Crippen molar-refractivity contribution in [3.8, 4) is 0 Å². The molecule has 0 aromatic heterocycles. The Morgan fingerprint density at radius 1 is 1.24 bits per heavy atom. The second kappa shape index (κ2) is 7.33. The van der Waals surface area contributed by atoms with Gasteiger partial charge in [0, 0.05) is 0 Å². The zero-order valence-electron chi connectivity index (χ0n) is 14.6. The fourth-order valence-corrected chi connectivity index (χ4v) is 3.51. The Morgan fingerprint density at radius 2 is 2.00 bits per heavy atom. The molecule has 0 radical (unpaired) electrons. The molecule has 3 rings (SSSR count). The molecule has 2 aromatic rings. The molecule has 1 N–H and O–H groups in total. The Kier molecular flexibility index (Phi) is 5.16. The maximum atomic E-state index is 13.4. The SMILES string of the molecule is CN(C)CCCC1(c2ccc(F)cc2)OCc2cc(/C=N/O)ccc21. The minimum Gasteiger partial charge on any atom is -0.411 e. The lowest BCUT2D eigenvalue weighted by Gasteiger charge is -2.31. The molecule has 132 valence electrons. The zero-order valence-corrected chi connectivity index (χ0v) is 14.6. The van der Waals surface area contributed by atoms with Crippen molar-refractivity contribution in [2.75, 3.05) is 20.6 Å². The summed E-state index contributed by atoms with van der Waals surface area (Å²) in [4.78, 5) is 2.15. The summed E-state index contributed by atoms with van der Waals surface area (Å²) in [6.45, 7) is 1.44. The Morgan fingerprint density at radius 3 is 2.68 bits per heavy atom. The lowest BCUT2D eigenvalue weighted by molar-refractivity contribution is -0.0140. The molecule has 0 aliphatic carbocycles. The van der Waals surface area contributed by atoms with Gasteiger partial charge in [-0.05, 0) is 73.9 Å². The van der Waals surface area contributed by atoms with E-state index in [-0.39, 0.29) is 5.82 Å². The zero-order chi connectivity index (χ0) is 17.9. The number of hydrogen-bond donors (Lipinski definition) is 1. The second-order valence-corrected chi connectivity index (χ2v) is 6.69. The first-order valence-corrected chi connectivity index (χ1v) is 8.41. The van der Waals surface area contributed by atoms with Crippen LogP contribution in [-0.4, -0.2) is 37.0 Å². The molecule has 0 saturated carbocycles. The molecule has 2 aromatic carbocycles. The molecule has 0 fully saturated rings. The van der Waals surface area contributed by atoms with Crippen LogP contribution >= 0.6 is 0 Å². The van der Waals surface area contributed by atoms with E-state index in [0.717, 1.165) is 41.6 Å². The lowest BCUT2D eigenvalue weighted by Crippen LogP contribution is -2.28. The van der Waals surface area contributed by atoms with E-state index >= 15 is 0 Å². The molecule has 1 atom stereocenters. The van der Waals surface area contributed by atoms with Crippen LogP contribution in [0, 0.1) is 5.82 Å². The van der Waals surface area contributed by atoms with Crippen LogP contribution in [0.5, 0.6) is 0 Å². The maximum absolute atomic E-state index is 13.4. The van der Waals surface area contributed by atoms with E-state index in [4.69, 9.17) is 9.94 Å². The highest BCUT2D eigenvalue weighted by atomic mass is 19.1. The van der Waals surface area contributed by atoms with Crippen molar-refractivity contribution in [2.45, 2.75) is 25.0 Å². The first-order chi connectivity index (χ1) is 12.0. The number of nitrogens with zero attached hydrogens (tertiary/aromatic N) is 2. The first-order valence-electron chi connectivity index (χ1n) is 8.41. The van der Waals surface area contributed by atoms with Crippen molar-refractivity contribution in [1.82, 2.24) is 4.90 Å². The molecule has 0 amide bonds. The Hall–Kier alpha value is -2.24. The Balaban J connectivity index is 2.00. The summed E-state index contributed by atoms with van der Waals surface area (Å²) in [5.74, 6) is -0.250. The molecular formula is C20H23FN2O2. The van der Waals surface area contributed by atoms with Crippen molar-refractivity contribution < 1.29 is 14.3 Å². The summed E-state index contributed by atoms with van der Waals surface area (Å²) >= 11 is 0. The molecule has 1 aliphatic rings. The lowest BCUT2D eigenvalue weighted by atomic mass is 9.81. The van der Waals surface area contributed by atoms with Gasteiger partial charge in [-0.25, -0.2) is 4.39 Å². The summed E-state index contributed by atoms with van der Waals surface area (Å²) < 4.78 is 19.7. The maximum Gasteiger partial charge on any atom is 0.123 e. The highest BCUT2D eigenvalue weighted by Gasteiger charge is 2.41. The van der Waals surface area contributed by atoms with E-state index in [9.17, 15) is 4.39 Å². The molecule has 25 heavy (non-hydrogen) atoms. The quantitative estimate of drug-likeness (QED) is 0.494. The first kappa shape index (κ1) is 17.6. The fourth-order valence-electron chi connectivity index (χ4n) is 3.51. The summed E-state index contributed by atoms with van der Waals surface area (Å²) in [5.41, 5.74) is 3.41. The molecule has 0 spiro atoms. The number of rotatable bonds is 6. The van der Waals surface area contributed by atoms with Gasteiger partial charge in [0.1, 0.15) is 11.4 Å². The van der Waals surface area contributed by atoms with Crippen LogP contribution in [0.15, 0.2) is 47.6 Å². The van der Waals surface area contributed by atoms with Crippen molar-refractivity contribution in [3.05, 3.63) is 70.5 Å². The van der Waals surface area contributed by atoms with Gasteiger partial charge in [-0.1, -0.05) is 29.4 Å². The minimum atomic E-state index is -0.562. The summed E-state index contributed by atoms with van der Waals surface area (Å²) in [7, 11) is 4.10. The molecule has 0 bridgehead atoms. The van der Waals surface area contributed by atoms with Gasteiger partial charge in [0.25, 0.3) is 0 Å². The number of hydrogen-bond acceptors (Lipinski definition) is 4. The van der Waals surface area contributed by atoms with Crippen LogP contribution in [-0.2, 0) is 16.9 Å². The van der Waals surface area contributed by atoms with Crippen molar-refractivity contribution in [3.63, 3.8) is 0 Å². The van der Waals surface area contributed by atoms with Gasteiger partial charge in [-0.3, -0.25) is 0 Å². The normalized spacial score (nSPS) is 19.7. The van der Waals surface area contributed by atoms with Crippen LogP contribution in [0.2, 0.25) is 0 Å². The summed E-state index contributed by atoms with van der Waals surface area (Å²) in [5, 5.41) is 11.8. The molecule has 1 unspecified atom stereocenters. The van der Waals surface area contributed by atoms with Crippen molar-refractivity contribution in [2.24, 2.45) is 5.16 Å². The third-order valence-corrected chi connectivity index (χ3v) is 4.69. The van der Waals surface area contributed by atoms with E-state index in [1.54, 1.807) is 0 Å². The highest BCUT2D eigenvalue weighted by Crippen LogP contribution is 2.45. The van der Waals surface area contributed by atoms with Crippen LogP contribution < -0.4 is 0 Å². The monoisotopic (exact) mass is 342 g/mol. The smallest absolute Gasteiger partial charge is 0.123 e. The van der Waals surface area contributed by atoms with Gasteiger partial charge in [-0.2, -0.15) is 0 Å². The highest BCUT2D eigenvalue weighted by molar-refractivity contribution is 5.79. The number of ether oxygens (including phenoxy) is 1. The third-order valence-electron chi connectivity index (χ3n) is 4.69. The summed E-state index contributed by atoms with van der Waals surface area (Å²) in [6, 6.07) is 12.5. The van der Waals surface area contributed by atoms with Gasteiger partial charge < -0.3 is 14.8 Å². The molecule has 1 aliphatic heterocycles. The molecule has 1 heterocycles. The predicted molar refractivity (Wildman–Crippen MR) is 95.6 cm³/mol. The van der Waals surface area contributed by atoms with Gasteiger partial charge in [-0.15, -0.1) is 0 Å². The number of halogens is 1. The van der Waals surface area contributed by atoms with Crippen LogP contribution in [0.1, 0.15) is 35.1 Å². The van der Waals surface area contributed by atoms with E-state index in [0.29, 0.717) is 6.61 Å². The standard InChI is InChI=1S/C20H23FN2O2/c1-23(2)11-3-10-20(17-5-7-18(21)8-6-17)19-9-4-15(13-22-24)12-16(19)14-25-20/h4-9,12-13,24H,3,10-11,14H2,1-2H3/b22-13+. The molecular weight excluding hydrogens is 319 g/mol. The van der Waals surface area contributed by atoms with E-state index in [2.05, 4.69) is 24.2 Å². The second-order valence-electron chi connectivity index (χ2n) is 6.69. The number of fused-ring (bicyclic) bond motifs is 1. The molecule has 4 nitrogen and oxygen atoms in total. The Labute approximate surface area is 147 Å². The van der Waals surface area contributed by atoms with Gasteiger partial charge in [0.15, 0.2) is 0 Å². The van der Waals surface area contributed by atoms with Gasteiger partial charge in [0.05, 0.1) is 12.8 Å². The van der Waals surface area contributed by atoms with Crippen LogP contribution in [0.25, 0.3) is 0 Å². The fraction of sp³-hybridized carbons (Fsp3) is 0.350. The van der Waals surface area contributed by atoms with Crippen molar-refractivity contribution in [1.29, 1.82) is 0 Å². The predicted octanol–water partition coefficient (Wildman–Crippen LogP) is 3.75.